The fraction of sp³-hybridized carbons (Fsp3) is 0.846. The van der Waals surface area contributed by atoms with Gasteiger partial charge in [0, 0.05) is 26.2 Å². The molecule has 0 aromatic rings. The Labute approximate surface area is 134 Å². The van der Waals surface area contributed by atoms with Crippen LogP contribution >= 0.6 is 24.0 Å². The standard InChI is InChI=1S/C13H28N4O.HI/c1-7-8-9-17(6)12(14-5)15-10-11(18)16-13(2,3)4;/h7-10H2,1-6H3,(H,14,15)(H,16,18);1H. The van der Waals surface area contributed by atoms with Crippen molar-refractivity contribution in [3.05, 3.63) is 0 Å². The molecule has 0 fully saturated rings. The average molecular weight is 384 g/mol. The van der Waals surface area contributed by atoms with Crippen LogP contribution in [0, 0.1) is 0 Å². The highest BCUT2D eigenvalue weighted by Crippen LogP contribution is 1.97. The van der Waals surface area contributed by atoms with E-state index in [4.69, 9.17) is 0 Å². The minimum absolute atomic E-state index is 0. The summed E-state index contributed by atoms with van der Waals surface area (Å²) in [4.78, 5) is 17.9. The maximum atomic E-state index is 11.7. The Bertz CT molecular complexity index is 287. The van der Waals surface area contributed by atoms with Crippen molar-refractivity contribution in [3.8, 4) is 0 Å². The van der Waals surface area contributed by atoms with Gasteiger partial charge in [-0.05, 0) is 27.2 Å². The number of rotatable bonds is 5. The number of carbonyl (C=O) groups is 1. The van der Waals surface area contributed by atoms with Gasteiger partial charge in [-0.1, -0.05) is 13.3 Å². The summed E-state index contributed by atoms with van der Waals surface area (Å²) in [6.45, 7) is 9.24. The third kappa shape index (κ3) is 11.0. The van der Waals surface area contributed by atoms with Crippen LogP contribution in [0.4, 0.5) is 0 Å². The zero-order chi connectivity index (χ0) is 14.2. The minimum atomic E-state index is -0.198. The summed E-state index contributed by atoms with van der Waals surface area (Å²) in [6, 6.07) is 0. The summed E-state index contributed by atoms with van der Waals surface area (Å²) >= 11 is 0. The van der Waals surface area contributed by atoms with Crippen molar-refractivity contribution in [3.63, 3.8) is 0 Å². The van der Waals surface area contributed by atoms with Crippen LogP contribution in [0.25, 0.3) is 0 Å². The highest BCUT2D eigenvalue weighted by atomic mass is 127. The maximum Gasteiger partial charge on any atom is 0.239 e. The van der Waals surface area contributed by atoms with Gasteiger partial charge in [-0.15, -0.1) is 24.0 Å². The highest BCUT2D eigenvalue weighted by molar-refractivity contribution is 14.0. The van der Waals surface area contributed by atoms with E-state index >= 15 is 0 Å². The molecule has 0 saturated carbocycles. The molecule has 0 aliphatic rings. The average Bonchev–Trinajstić information content (AvgIpc) is 2.24. The van der Waals surface area contributed by atoms with Gasteiger partial charge in [-0.3, -0.25) is 9.79 Å². The number of aliphatic imine (C=N–C) groups is 1. The third-order valence-corrected chi connectivity index (χ3v) is 2.34. The quantitative estimate of drug-likeness (QED) is 0.432. The van der Waals surface area contributed by atoms with Crippen LogP contribution in [0.2, 0.25) is 0 Å². The zero-order valence-corrected chi connectivity index (χ0v) is 15.4. The molecule has 0 saturated heterocycles. The first-order valence-electron chi connectivity index (χ1n) is 6.53. The van der Waals surface area contributed by atoms with Gasteiger partial charge in [0.2, 0.25) is 5.91 Å². The van der Waals surface area contributed by atoms with Crippen LogP contribution < -0.4 is 10.6 Å². The van der Waals surface area contributed by atoms with Crippen molar-refractivity contribution in [2.45, 2.75) is 46.1 Å². The maximum absolute atomic E-state index is 11.7. The molecule has 2 N–H and O–H groups in total. The smallest absolute Gasteiger partial charge is 0.239 e. The van der Waals surface area contributed by atoms with Crippen LogP contribution in [-0.4, -0.2) is 49.5 Å². The van der Waals surface area contributed by atoms with E-state index in [-0.39, 0.29) is 42.0 Å². The normalized spacial score (nSPS) is 11.6. The molecule has 0 unspecified atom stereocenters. The number of hydrogen-bond donors (Lipinski definition) is 2. The van der Waals surface area contributed by atoms with Crippen molar-refractivity contribution in [2.24, 2.45) is 4.99 Å². The summed E-state index contributed by atoms with van der Waals surface area (Å²) < 4.78 is 0. The Morgan fingerprint density at radius 1 is 1.32 bits per heavy atom. The predicted octanol–water partition coefficient (Wildman–Crippen LogP) is 1.83. The Hall–Kier alpha value is -0.530. The SMILES string of the molecule is CCCCN(C)C(=NC)NCC(=O)NC(C)(C)C.I. The fourth-order valence-corrected chi connectivity index (χ4v) is 1.51. The van der Waals surface area contributed by atoms with Gasteiger partial charge in [0.05, 0.1) is 6.54 Å². The van der Waals surface area contributed by atoms with Crippen molar-refractivity contribution >= 4 is 35.8 Å². The zero-order valence-electron chi connectivity index (χ0n) is 13.0. The van der Waals surface area contributed by atoms with Crippen molar-refractivity contribution in [1.29, 1.82) is 0 Å². The van der Waals surface area contributed by atoms with Gasteiger partial charge in [-0.2, -0.15) is 0 Å². The van der Waals surface area contributed by atoms with Gasteiger partial charge >= 0.3 is 0 Å². The third-order valence-electron chi connectivity index (χ3n) is 2.34. The molecule has 5 nitrogen and oxygen atoms in total. The highest BCUT2D eigenvalue weighted by Gasteiger charge is 2.14. The summed E-state index contributed by atoms with van der Waals surface area (Å²) in [5.41, 5.74) is -0.198. The molecule has 0 aliphatic heterocycles. The first-order valence-corrected chi connectivity index (χ1v) is 6.53. The monoisotopic (exact) mass is 384 g/mol. The summed E-state index contributed by atoms with van der Waals surface area (Å²) in [5, 5.41) is 5.97. The number of hydrogen-bond acceptors (Lipinski definition) is 2. The van der Waals surface area contributed by atoms with Crippen LogP contribution in [0.1, 0.15) is 40.5 Å². The molecule has 0 radical (unpaired) electrons. The van der Waals surface area contributed by atoms with Crippen LogP contribution in [0.15, 0.2) is 4.99 Å². The van der Waals surface area contributed by atoms with Crippen LogP contribution in [0.5, 0.6) is 0 Å². The lowest BCUT2D eigenvalue weighted by molar-refractivity contribution is -0.121. The van der Waals surface area contributed by atoms with Crippen LogP contribution in [0.3, 0.4) is 0 Å². The van der Waals surface area contributed by atoms with E-state index in [0.29, 0.717) is 0 Å². The first-order chi connectivity index (χ1) is 8.30. The van der Waals surface area contributed by atoms with E-state index in [1.54, 1.807) is 7.05 Å². The topological polar surface area (TPSA) is 56.7 Å². The van der Waals surface area contributed by atoms with Gasteiger partial charge in [0.15, 0.2) is 5.96 Å². The fourth-order valence-electron chi connectivity index (χ4n) is 1.51. The Balaban J connectivity index is 0. The Morgan fingerprint density at radius 2 is 1.89 bits per heavy atom. The lowest BCUT2D eigenvalue weighted by Gasteiger charge is -2.24. The van der Waals surface area contributed by atoms with E-state index < -0.39 is 0 Å². The number of nitrogens with one attached hydrogen (secondary N) is 2. The minimum Gasteiger partial charge on any atom is -0.350 e. The molecule has 0 bridgehead atoms. The van der Waals surface area contributed by atoms with E-state index in [0.717, 1.165) is 25.3 Å². The van der Waals surface area contributed by atoms with Crippen LogP contribution in [-0.2, 0) is 4.79 Å². The summed E-state index contributed by atoms with van der Waals surface area (Å²) in [5.74, 6) is 0.736. The first kappa shape index (κ1) is 20.8. The van der Waals surface area contributed by atoms with Crippen molar-refractivity contribution < 1.29 is 4.79 Å². The van der Waals surface area contributed by atoms with E-state index in [1.165, 1.54) is 0 Å². The number of carbonyl (C=O) groups excluding carboxylic acids is 1. The lowest BCUT2D eigenvalue weighted by atomic mass is 10.1. The molecule has 0 aromatic heterocycles. The molecule has 0 aromatic carbocycles. The summed E-state index contributed by atoms with van der Waals surface area (Å²) in [6.07, 6.45) is 2.26. The van der Waals surface area contributed by atoms with E-state index in [2.05, 4.69) is 22.5 Å². The molecule has 0 atom stereocenters. The number of unbranched alkanes of at least 4 members (excludes halogenated alkanes) is 1. The molecule has 0 rings (SSSR count). The van der Waals surface area contributed by atoms with E-state index in [1.807, 2.05) is 32.7 Å². The number of halogens is 1. The van der Waals surface area contributed by atoms with Crippen molar-refractivity contribution in [1.82, 2.24) is 15.5 Å². The molecule has 6 heteroatoms. The molecule has 114 valence electrons. The lowest BCUT2D eigenvalue weighted by Crippen LogP contribution is -2.48. The number of amides is 1. The second-order valence-corrected chi connectivity index (χ2v) is 5.47. The molecule has 1 amide bonds. The number of guanidine groups is 1. The van der Waals surface area contributed by atoms with Gasteiger partial charge in [-0.25, -0.2) is 0 Å². The molecular formula is C13H29IN4O. The molecule has 19 heavy (non-hydrogen) atoms. The molecular weight excluding hydrogens is 355 g/mol. The van der Waals surface area contributed by atoms with Gasteiger partial charge < -0.3 is 15.5 Å². The Morgan fingerprint density at radius 3 is 2.32 bits per heavy atom. The second kappa shape index (κ2) is 10.3. The van der Waals surface area contributed by atoms with Gasteiger partial charge in [0.25, 0.3) is 0 Å². The molecule has 0 heterocycles. The van der Waals surface area contributed by atoms with Crippen molar-refractivity contribution in [2.75, 3.05) is 27.2 Å². The van der Waals surface area contributed by atoms with E-state index in [9.17, 15) is 4.79 Å². The molecule has 0 aliphatic carbocycles. The number of nitrogens with zero attached hydrogens (tertiary/aromatic N) is 2. The largest absolute Gasteiger partial charge is 0.350 e. The van der Waals surface area contributed by atoms with Gasteiger partial charge in [0.1, 0.15) is 0 Å². The Kier molecular flexibility index (Phi) is 11.2. The predicted molar refractivity (Wildman–Crippen MR) is 92.2 cm³/mol. The molecule has 0 spiro atoms. The summed E-state index contributed by atoms with van der Waals surface area (Å²) in [7, 11) is 3.71. The second-order valence-electron chi connectivity index (χ2n) is 5.47.